The first kappa shape index (κ1) is 13.7. The first-order valence-electron chi connectivity index (χ1n) is 4.57. The van der Waals surface area contributed by atoms with Gasteiger partial charge in [0.2, 0.25) is 0 Å². The summed E-state index contributed by atoms with van der Waals surface area (Å²) in [7, 11) is 0. The van der Waals surface area contributed by atoms with E-state index < -0.39 is 0 Å². The first-order chi connectivity index (χ1) is 5.97. The van der Waals surface area contributed by atoms with Crippen molar-refractivity contribution in [3.8, 4) is 0 Å². The van der Waals surface area contributed by atoms with Crippen LogP contribution in [0.4, 0.5) is 0 Å². The van der Waals surface area contributed by atoms with Gasteiger partial charge in [0.25, 0.3) is 0 Å². The molecule has 0 bridgehead atoms. The topological polar surface area (TPSA) is 24.9 Å². The summed E-state index contributed by atoms with van der Waals surface area (Å²) in [5.41, 5.74) is 1.38. The molecule has 0 aliphatic carbocycles. The standard InChI is InChI=1S/C10H14N2.2ClH/c1-3-9(7-11-5-1)10-4-2-6-12-8-10;;/h1,3,5,7,10,12H,2,4,6,8H2;2*1H. The van der Waals surface area contributed by atoms with Crippen molar-refractivity contribution in [2.75, 3.05) is 13.1 Å². The molecule has 1 aromatic rings. The maximum atomic E-state index is 4.13. The van der Waals surface area contributed by atoms with Crippen LogP contribution in [-0.2, 0) is 0 Å². The number of hydrogen-bond donors (Lipinski definition) is 1. The molecule has 1 saturated heterocycles. The zero-order valence-corrected chi connectivity index (χ0v) is 9.61. The Morgan fingerprint density at radius 1 is 1.36 bits per heavy atom. The normalized spacial score (nSPS) is 20.4. The fourth-order valence-corrected chi connectivity index (χ4v) is 1.75. The van der Waals surface area contributed by atoms with Crippen molar-refractivity contribution in [1.29, 1.82) is 0 Å². The lowest BCUT2D eigenvalue weighted by molar-refractivity contribution is 0.461. The summed E-state index contributed by atoms with van der Waals surface area (Å²) < 4.78 is 0. The molecule has 0 amide bonds. The van der Waals surface area contributed by atoms with Crippen molar-refractivity contribution in [2.24, 2.45) is 0 Å². The van der Waals surface area contributed by atoms with E-state index in [-0.39, 0.29) is 24.8 Å². The second-order valence-corrected chi connectivity index (χ2v) is 3.33. The zero-order chi connectivity index (χ0) is 8.23. The molecule has 14 heavy (non-hydrogen) atoms. The molecule has 1 aliphatic rings. The van der Waals surface area contributed by atoms with E-state index in [1.807, 2.05) is 18.5 Å². The van der Waals surface area contributed by atoms with Crippen LogP contribution in [0.2, 0.25) is 0 Å². The Morgan fingerprint density at radius 3 is 2.79 bits per heavy atom. The van der Waals surface area contributed by atoms with Crippen molar-refractivity contribution in [2.45, 2.75) is 18.8 Å². The molecule has 1 aliphatic heterocycles. The van der Waals surface area contributed by atoms with E-state index in [1.54, 1.807) is 0 Å². The van der Waals surface area contributed by atoms with Crippen LogP contribution in [0.3, 0.4) is 0 Å². The van der Waals surface area contributed by atoms with Gasteiger partial charge in [0.15, 0.2) is 0 Å². The van der Waals surface area contributed by atoms with Gasteiger partial charge in [0.1, 0.15) is 0 Å². The number of nitrogens with one attached hydrogen (secondary N) is 1. The molecule has 2 nitrogen and oxygen atoms in total. The molecule has 1 unspecified atom stereocenters. The lowest BCUT2D eigenvalue weighted by Crippen LogP contribution is -2.28. The lowest BCUT2D eigenvalue weighted by atomic mass is 9.93. The average molecular weight is 235 g/mol. The Kier molecular flexibility index (Phi) is 6.89. The molecule has 0 aromatic carbocycles. The maximum Gasteiger partial charge on any atom is 0.0303 e. The van der Waals surface area contributed by atoms with Crippen LogP contribution in [0.1, 0.15) is 24.3 Å². The zero-order valence-electron chi connectivity index (χ0n) is 7.98. The van der Waals surface area contributed by atoms with Gasteiger partial charge in [-0.25, -0.2) is 0 Å². The van der Waals surface area contributed by atoms with Gasteiger partial charge < -0.3 is 5.32 Å². The van der Waals surface area contributed by atoms with Crippen molar-refractivity contribution < 1.29 is 0 Å². The molecule has 1 atom stereocenters. The van der Waals surface area contributed by atoms with E-state index in [1.165, 1.54) is 24.9 Å². The Balaban J connectivity index is 0.000000845. The Bertz CT molecular complexity index is 235. The van der Waals surface area contributed by atoms with Gasteiger partial charge in [0.05, 0.1) is 0 Å². The Morgan fingerprint density at radius 2 is 2.21 bits per heavy atom. The molecule has 0 radical (unpaired) electrons. The monoisotopic (exact) mass is 234 g/mol. The fraction of sp³-hybridized carbons (Fsp3) is 0.500. The summed E-state index contributed by atoms with van der Waals surface area (Å²) in [5, 5.41) is 3.41. The number of rotatable bonds is 1. The molecule has 4 heteroatoms. The van der Waals surface area contributed by atoms with E-state index in [0.717, 1.165) is 6.54 Å². The van der Waals surface area contributed by atoms with Crippen LogP contribution in [0.15, 0.2) is 24.5 Å². The first-order valence-corrected chi connectivity index (χ1v) is 4.57. The number of halogens is 2. The largest absolute Gasteiger partial charge is 0.316 e. The Labute approximate surface area is 97.3 Å². The van der Waals surface area contributed by atoms with E-state index in [4.69, 9.17) is 0 Å². The van der Waals surface area contributed by atoms with E-state index in [0.29, 0.717) is 5.92 Å². The van der Waals surface area contributed by atoms with Crippen LogP contribution in [0.25, 0.3) is 0 Å². The van der Waals surface area contributed by atoms with Crippen molar-refractivity contribution in [3.63, 3.8) is 0 Å². The number of hydrogen-bond acceptors (Lipinski definition) is 2. The third-order valence-corrected chi connectivity index (χ3v) is 2.45. The summed E-state index contributed by atoms with van der Waals surface area (Å²) in [5.74, 6) is 0.687. The second-order valence-electron chi connectivity index (χ2n) is 3.33. The minimum atomic E-state index is 0. The average Bonchev–Trinajstić information content (AvgIpc) is 2.21. The maximum absolute atomic E-state index is 4.13. The van der Waals surface area contributed by atoms with Gasteiger partial charge in [-0.05, 0) is 36.9 Å². The molecule has 80 valence electrons. The second kappa shape index (κ2) is 7.04. The molecule has 0 spiro atoms. The minimum Gasteiger partial charge on any atom is -0.316 e. The molecular weight excluding hydrogens is 219 g/mol. The van der Waals surface area contributed by atoms with Gasteiger partial charge in [-0.2, -0.15) is 0 Å². The highest BCUT2D eigenvalue weighted by Crippen LogP contribution is 2.21. The van der Waals surface area contributed by atoms with Gasteiger partial charge in [0, 0.05) is 18.9 Å². The van der Waals surface area contributed by atoms with Crippen molar-refractivity contribution in [3.05, 3.63) is 30.1 Å². The highest BCUT2D eigenvalue weighted by molar-refractivity contribution is 5.85. The Hall–Kier alpha value is -0.310. The predicted octanol–water partition coefficient (Wildman–Crippen LogP) is 2.39. The third kappa shape index (κ3) is 3.45. The van der Waals surface area contributed by atoms with Crippen LogP contribution in [0, 0.1) is 0 Å². The van der Waals surface area contributed by atoms with Gasteiger partial charge in [-0.15, -0.1) is 24.8 Å². The SMILES string of the molecule is Cl.Cl.c1cncc(C2CCCNC2)c1. The van der Waals surface area contributed by atoms with Crippen LogP contribution in [-0.4, -0.2) is 18.1 Å². The van der Waals surface area contributed by atoms with Crippen LogP contribution < -0.4 is 5.32 Å². The minimum absolute atomic E-state index is 0. The molecule has 1 fully saturated rings. The number of nitrogens with zero attached hydrogens (tertiary/aromatic N) is 1. The lowest BCUT2D eigenvalue weighted by Gasteiger charge is -2.22. The molecule has 1 aromatic heterocycles. The summed E-state index contributed by atoms with van der Waals surface area (Å²) in [6.45, 7) is 2.29. The molecular formula is C10H16Cl2N2. The summed E-state index contributed by atoms with van der Waals surface area (Å²) >= 11 is 0. The summed E-state index contributed by atoms with van der Waals surface area (Å²) in [6.07, 6.45) is 6.41. The van der Waals surface area contributed by atoms with E-state index in [9.17, 15) is 0 Å². The quantitative estimate of drug-likeness (QED) is 0.808. The van der Waals surface area contributed by atoms with E-state index in [2.05, 4.69) is 16.4 Å². The smallest absolute Gasteiger partial charge is 0.0303 e. The molecule has 2 rings (SSSR count). The highest BCUT2D eigenvalue weighted by Gasteiger charge is 2.14. The summed E-state index contributed by atoms with van der Waals surface area (Å²) in [6, 6.07) is 4.19. The van der Waals surface area contributed by atoms with Crippen LogP contribution >= 0.6 is 24.8 Å². The fourth-order valence-electron chi connectivity index (χ4n) is 1.75. The van der Waals surface area contributed by atoms with Gasteiger partial charge in [-0.1, -0.05) is 6.07 Å². The number of piperidine rings is 1. The predicted molar refractivity (Wildman–Crippen MR) is 63.6 cm³/mol. The van der Waals surface area contributed by atoms with Gasteiger partial charge in [-0.3, -0.25) is 4.98 Å². The number of aromatic nitrogens is 1. The molecule has 0 saturated carbocycles. The van der Waals surface area contributed by atoms with Crippen molar-refractivity contribution in [1.82, 2.24) is 10.3 Å². The third-order valence-electron chi connectivity index (χ3n) is 2.45. The summed E-state index contributed by atoms with van der Waals surface area (Å²) in [4.78, 5) is 4.13. The highest BCUT2D eigenvalue weighted by atomic mass is 35.5. The molecule has 2 heterocycles. The van der Waals surface area contributed by atoms with Gasteiger partial charge >= 0.3 is 0 Å². The van der Waals surface area contributed by atoms with E-state index >= 15 is 0 Å². The van der Waals surface area contributed by atoms with Crippen LogP contribution in [0.5, 0.6) is 0 Å². The van der Waals surface area contributed by atoms with Crippen molar-refractivity contribution >= 4 is 24.8 Å². The molecule has 1 N–H and O–H groups in total. The number of pyridine rings is 1.